The number of aliphatic hydroxyl groups excluding tert-OH is 1. The molecule has 0 bridgehead atoms. The number of aliphatic hydroxyl groups is 1. The van der Waals surface area contributed by atoms with E-state index in [0.29, 0.717) is 4.32 Å². The number of methoxy groups -OCH3 is 1. The summed E-state index contributed by atoms with van der Waals surface area (Å²) in [6.45, 7) is 0. The van der Waals surface area contributed by atoms with Gasteiger partial charge in [-0.15, -0.1) is 0 Å². The third-order valence-electron chi connectivity index (χ3n) is 3.83. The standard InChI is InChI=1S/C17H19NO4S2/c1-18(2)17(23)24-15-12(19)9-11(10-7-5-4-6-8-10)13(14(15)20)16(21)22-3/h4-8,11,13,20H,9H2,1-3H3. The number of carbonyl (C=O) groups excluding carboxylic acids is 2. The van der Waals surface area contributed by atoms with E-state index in [1.807, 2.05) is 30.3 Å². The second-order valence-corrected chi connectivity index (χ2v) is 7.27. The highest BCUT2D eigenvalue weighted by molar-refractivity contribution is 8.26. The van der Waals surface area contributed by atoms with Crippen LogP contribution in [0.5, 0.6) is 0 Å². The summed E-state index contributed by atoms with van der Waals surface area (Å²) < 4.78 is 5.29. The van der Waals surface area contributed by atoms with Crippen LogP contribution in [-0.2, 0) is 14.3 Å². The Morgan fingerprint density at radius 1 is 1.33 bits per heavy atom. The summed E-state index contributed by atoms with van der Waals surface area (Å²) in [5.41, 5.74) is 0.812. The summed E-state index contributed by atoms with van der Waals surface area (Å²) >= 11 is 6.20. The molecule has 1 aromatic rings. The minimum Gasteiger partial charge on any atom is -0.510 e. The zero-order chi connectivity index (χ0) is 17.9. The number of carbonyl (C=O) groups is 2. The Labute approximate surface area is 150 Å². The van der Waals surface area contributed by atoms with Crippen LogP contribution < -0.4 is 0 Å². The van der Waals surface area contributed by atoms with Crippen molar-refractivity contribution in [2.24, 2.45) is 5.92 Å². The molecule has 0 radical (unpaired) electrons. The number of Topliss-reactive ketones (excluding diaryl/α,β-unsaturated/α-hetero) is 1. The van der Waals surface area contributed by atoms with E-state index in [9.17, 15) is 14.7 Å². The maximum atomic E-state index is 12.5. The molecule has 0 saturated carbocycles. The molecule has 0 spiro atoms. The van der Waals surface area contributed by atoms with Gasteiger partial charge in [0, 0.05) is 26.4 Å². The third-order valence-corrected chi connectivity index (χ3v) is 5.62. The van der Waals surface area contributed by atoms with E-state index in [1.165, 1.54) is 7.11 Å². The van der Waals surface area contributed by atoms with Crippen LogP contribution in [0.25, 0.3) is 0 Å². The average Bonchev–Trinajstić information content (AvgIpc) is 2.57. The first-order valence-corrected chi connectivity index (χ1v) is 8.57. The first-order chi connectivity index (χ1) is 11.4. The Hall–Kier alpha value is -1.86. The Morgan fingerprint density at radius 2 is 1.96 bits per heavy atom. The number of rotatable bonds is 3. The molecule has 128 valence electrons. The molecule has 1 N–H and O–H groups in total. The average molecular weight is 365 g/mol. The van der Waals surface area contributed by atoms with Crippen molar-refractivity contribution < 1.29 is 19.4 Å². The van der Waals surface area contributed by atoms with Gasteiger partial charge < -0.3 is 14.7 Å². The van der Waals surface area contributed by atoms with Gasteiger partial charge in [0.25, 0.3) is 0 Å². The quantitative estimate of drug-likeness (QED) is 0.652. The fourth-order valence-electron chi connectivity index (χ4n) is 2.59. The molecule has 2 atom stereocenters. The van der Waals surface area contributed by atoms with Gasteiger partial charge in [-0.1, -0.05) is 54.3 Å². The normalized spacial score (nSPS) is 20.7. The van der Waals surface area contributed by atoms with Gasteiger partial charge in [0.1, 0.15) is 16.0 Å². The van der Waals surface area contributed by atoms with Gasteiger partial charge in [-0.3, -0.25) is 9.59 Å². The molecule has 0 amide bonds. The van der Waals surface area contributed by atoms with Crippen molar-refractivity contribution in [3.63, 3.8) is 0 Å². The van der Waals surface area contributed by atoms with Crippen LogP contribution in [-0.4, -0.2) is 47.3 Å². The number of ketones is 1. The number of nitrogens with zero attached hydrogens (tertiary/aromatic N) is 1. The van der Waals surface area contributed by atoms with Gasteiger partial charge >= 0.3 is 5.97 Å². The number of ether oxygens (including phenoxy) is 1. The van der Waals surface area contributed by atoms with E-state index in [2.05, 4.69) is 0 Å². The SMILES string of the molecule is COC(=O)C1C(O)=C(SC(=S)N(C)C)C(=O)CC1c1ccccc1. The molecular weight excluding hydrogens is 346 g/mol. The van der Waals surface area contributed by atoms with E-state index in [1.54, 1.807) is 19.0 Å². The second kappa shape index (κ2) is 7.81. The summed E-state index contributed by atoms with van der Waals surface area (Å²) in [4.78, 5) is 26.6. The third kappa shape index (κ3) is 3.79. The Balaban J connectivity index is 2.45. The van der Waals surface area contributed by atoms with E-state index in [-0.39, 0.29) is 22.9 Å². The van der Waals surface area contributed by atoms with Gasteiger partial charge in [0.15, 0.2) is 5.78 Å². The highest BCUT2D eigenvalue weighted by Crippen LogP contribution is 2.42. The lowest BCUT2D eigenvalue weighted by atomic mass is 9.77. The molecular formula is C17H19NO4S2. The number of benzene rings is 1. The smallest absolute Gasteiger partial charge is 0.317 e. The lowest BCUT2D eigenvalue weighted by molar-refractivity contribution is -0.146. The fourth-order valence-corrected chi connectivity index (χ4v) is 3.62. The molecule has 0 heterocycles. The highest BCUT2D eigenvalue weighted by atomic mass is 32.2. The van der Waals surface area contributed by atoms with E-state index >= 15 is 0 Å². The van der Waals surface area contributed by atoms with Crippen LogP contribution in [0.15, 0.2) is 41.0 Å². The van der Waals surface area contributed by atoms with Crippen molar-refractivity contribution >= 4 is 40.1 Å². The van der Waals surface area contributed by atoms with Crippen molar-refractivity contribution in [2.45, 2.75) is 12.3 Å². The summed E-state index contributed by atoms with van der Waals surface area (Å²) in [6.07, 6.45) is 0.117. The van der Waals surface area contributed by atoms with Crippen molar-refractivity contribution in [2.75, 3.05) is 21.2 Å². The van der Waals surface area contributed by atoms with Crippen LogP contribution >= 0.6 is 24.0 Å². The molecule has 0 aliphatic heterocycles. The van der Waals surface area contributed by atoms with Crippen molar-refractivity contribution in [1.29, 1.82) is 0 Å². The number of thioether (sulfide) groups is 1. The molecule has 1 aromatic carbocycles. The maximum absolute atomic E-state index is 12.5. The molecule has 0 fully saturated rings. The maximum Gasteiger partial charge on any atom is 0.317 e. The number of thiocarbonyl (C=S) groups is 1. The summed E-state index contributed by atoms with van der Waals surface area (Å²) in [6, 6.07) is 9.20. The summed E-state index contributed by atoms with van der Waals surface area (Å²) in [5, 5.41) is 10.6. The van der Waals surface area contributed by atoms with Crippen molar-refractivity contribution in [3.8, 4) is 0 Å². The van der Waals surface area contributed by atoms with Crippen molar-refractivity contribution in [3.05, 3.63) is 46.6 Å². The molecule has 5 nitrogen and oxygen atoms in total. The predicted molar refractivity (Wildman–Crippen MR) is 97.8 cm³/mol. The van der Waals surface area contributed by atoms with Gasteiger partial charge in [0.05, 0.1) is 12.0 Å². The molecule has 1 aliphatic carbocycles. The molecule has 1 aliphatic rings. The molecule has 0 aromatic heterocycles. The van der Waals surface area contributed by atoms with Gasteiger partial charge in [-0.2, -0.15) is 0 Å². The van der Waals surface area contributed by atoms with E-state index < -0.39 is 17.8 Å². The Kier molecular flexibility index (Phi) is 6.01. The van der Waals surface area contributed by atoms with Crippen LogP contribution in [0, 0.1) is 5.92 Å². The van der Waals surface area contributed by atoms with Gasteiger partial charge in [-0.05, 0) is 5.56 Å². The number of allylic oxidation sites excluding steroid dienone is 1. The molecule has 2 unspecified atom stereocenters. The van der Waals surface area contributed by atoms with Crippen molar-refractivity contribution in [1.82, 2.24) is 4.90 Å². The topological polar surface area (TPSA) is 66.8 Å². The minimum atomic E-state index is -0.914. The number of hydrogen-bond acceptors (Lipinski definition) is 6. The predicted octanol–water partition coefficient (Wildman–Crippen LogP) is 2.88. The largest absolute Gasteiger partial charge is 0.510 e. The van der Waals surface area contributed by atoms with Crippen LogP contribution in [0.2, 0.25) is 0 Å². The number of hydrogen-bond donors (Lipinski definition) is 1. The summed E-state index contributed by atoms with van der Waals surface area (Å²) in [7, 11) is 4.78. The Bertz CT molecular complexity index is 685. The lowest BCUT2D eigenvalue weighted by Crippen LogP contribution is -2.33. The van der Waals surface area contributed by atoms with Gasteiger partial charge in [0.2, 0.25) is 0 Å². The van der Waals surface area contributed by atoms with Crippen LogP contribution in [0.4, 0.5) is 0 Å². The van der Waals surface area contributed by atoms with Crippen LogP contribution in [0.1, 0.15) is 17.9 Å². The van der Waals surface area contributed by atoms with Gasteiger partial charge in [-0.25, -0.2) is 0 Å². The van der Waals surface area contributed by atoms with E-state index in [0.717, 1.165) is 17.3 Å². The van der Waals surface area contributed by atoms with E-state index in [4.69, 9.17) is 17.0 Å². The molecule has 0 saturated heterocycles. The monoisotopic (exact) mass is 365 g/mol. The minimum absolute atomic E-state index is 0.117. The second-order valence-electron chi connectivity index (χ2n) is 5.62. The number of esters is 1. The fraction of sp³-hybridized carbons (Fsp3) is 0.353. The molecule has 24 heavy (non-hydrogen) atoms. The lowest BCUT2D eigenvalue weighted by Gasteiger charge is -2.30. The zero-order valence-electron chi connectivity index (χ0n) is 13.7. The Morgan fingerprint density at radius 3 is 2.50 bits per heavy atom. The molecule has 7 heteroatoms. The van der Waals surface area contributed by atoms with Crippen LogP contribution in [0.3, 0.4) is 0 Å². The highest BCUT2D eigenvalue weighted by Gasteiger charge is 2.42. The molecule has 2 rings (SSSR count). The zero-order valence-corrected chi connectivity index (χ0v) is 15.3. The summed E-state index contributed by atoms with van der Waals surface area (Å²) in [5.74, 6) is -2.43. The first kappa shape index (κ1) is 18.5. The first-order valence-electron chi connectivity index (χ1n) is 7.35.